The number of nitrogens with one attached hydrogen (secondary N) is 1. The maximum Gasteiger partial charge on any atom is 0.293 e. The summed E-state index contributed by atoms with van der Waals surface area (Å²) in [5, 5.41) is 8.54. The first-order valence-electron chi connectivity index (χ1n) is 7.94. The van der Waals surface area contributed by atoms with Crippen LogP contribution in [0.3, 0.4) is 0 Å². The zero-order chi connectivity index (χ0) is 17.2. The minimum atomic E-state index is -2.80. The molecule has 66 valence electrons. The summed E-state index contributed by atoms with van der Waals surface area (Å²) in [6, 6.07) is -2.54. The number of phenolic OH excluding ortho intramolecular Hbond substituents is 1. The van der Waals surface area contributed by atoms with Crippen molar-refractivity contribution in [2.45, 2.75) is 6.10 Å². The van der Waals surface area contributed by atoms with Crippen molar-refractivity contribution in [3.8, 4) is 5.75 Å². The van der Waals surface area contributed by atoms with Gasteiger partial charge in [-0.3, -0.25) is 0 Å². The Balaban J connectivity index is 3.37. The molecular weight excluding hydrogens is 154 g/mol. The quantitative estimate of drug-likeness (QED) is 0.619. The van der Waals surface area contributed by atoms with Crippen molar-refractivity contribution in [3.63, 3.8) is 0 Å². The second kappa shape index (κ2) is 4.09. The number of aromatic hydroxyl groups is 1. The molecule has 0 amide bonds. The van der Waals surface area contributed by atoms with Gasteiger partial charge in [-0.15, -0.1) is 0 Å². The Bertz CT molecular complexity index is 548. The van der Waals surface area contributed by atoms with Crippen molar-refractivity contribution in [1.29, 1.82) is 2.86 Å². The van der Waals surface area contributed by atoms with Gasteiger partial charge < -0.3 is 15.5 Å². The van der Waals surface area contributed by atoms with Crippen LogP contribution in [0.15, 0.2) is 24.2 Å². The second-order valence-corrected chi connectivity index (χ2v) is 2.07. The molecule has 0 saturated heterocycles. The predicted molar refractivity (Wildman–Crippen MR) is 47.0 cm³/mol. The third-order valence-electron chi connectivity index (χ3n) is 1.20. The Kier molecular flexibility index (Phi) is 0.840. The Morgan fingerprint density at radius 3 is 3.67 bits per heavy atom. The van der Waals surface area contributed by atoms with Gasteiger partial charge in [-0.05, 0) is 24.6 Å². The van der Waals surface area contributed by atoms with E-state index < -0.39 is 49.5 Å². The van der Waals surface area contributed by atoms with E-state index in [0.717, 1.165) is 0 Å². The average Bonchev–Trinajstić information content (AvgIpc) is 2.43. The van der Waals surface area contributed by atoms with Gasteiger partial charge >= 0.3 is 0 Å². The van der Waals surface area contributed by atoms with E-state index in [0.29, 0.717) is 0 Å². The van der Waals surface area contributed by atoms with Crippen LogP contribution in [-0.4, -0.2) is 26.6 Å². The summed E-state index contributed by atoms with van der Waals surface area (Å²) >= 11 is 0. The first kappa shape index (κ1) is 2.47. The van der Waals surface area contributed by atoms with Crippen molar-refractivity contribution in [1.82, 2.24) is 5.31 Å². The van der Waals surface area contributed by atoms with E-state index in [4.69, 9.17) is 13.9 Å². The molecule has 0 bridgehead atoms. The van der Waals surface area contributed by atoms with Crippen LogP contribution < -0.4 is 5.31 Å². The summed E-state index contributed by atoms with van der Waals surface area (Å²) in [6.45, 7) is -3.47. The molecule has 1 aromatic carbocycles. The second-order valence-electron chi connectivity index (χ2n) is 2.07. The van der Waals surface area contributed by atoms with Gasteiger partial charge in [0.05, 0.1) is 11.6 Å². The molecule has 1 rings (SSSR count). The minimum absolute atomic E-state index is 0.143. The van der Waals surface area contributed by atoms with Gasteiger partial charge in [-0.25, -0.2) is 0 Å². The molecule has 0 aliphatic heterocycles. The molecule has 1 atom stereocenters. The largest absolute Gasteiger partial charge is 0.508 e. The van der Waals surface area contributed by atoms with Crippen molar-refractivity contribution in [2.24, 2.45) is 0 Å². The Labute approximate surface area is 85.9 Å². The molecule has 3 nitrogen and oxygen atoms in total. The van der Waals surface area contributed by atoms with E-state index in [2.05, 4.69) is 10.2 Å². The van der Waals surface area contributed by atoms with Crippen LogP contribution in [0, 0.1) is 0 Å². The van der Waals surface area contributed by atoms with Crippen LogP contribution >= 0.6 is 0 Å². The van der Waals surface area contributed by atoms with Gasteiger partial charge in [0, 0.05) is 10.7 Å². The monoisotopic (exact) mass is 177 g/mol. The number of phenols is 1. The summed E-state index contributed by atoms with van der Waals surface area (Å²) < 4.78 is 73.1. The standard InChI is InChI=1S/C9H13NO2/c1-10-6-9(12)7-3-2-4-8(11)5-7/h2-5,9-12H,6H2,1H3/t9-/m1/s1/i1D3,2D,3D,4D,5D,12D/hD2. The number of hydrogen-bond donors (Lipinski definition) is 3. The minimum Gasteiger partial charge on any atom is -0.508 e. The summed E-state index contributed by atoms with van der Waals surface area (Å²) in [4.78, 5) is 0. The highest BCUT2D eigenvalue weighted by Gasteiger charge is 2.05. The van der Waals surface area contributed by atoms with Crippen molar-refractivity contribution < 1.29 is 21.2 Å². The SMILES string of the molecule is [2H]Oc1c([2H])c([2H])c([2H])c([C@@H](CN([2H])C([2H])([2H])[2H])O[2H])c1[2H]. The fraction of sp³-hybridized carbons (Fsp3) is 0.333. The first-order chi connectivity index (χ1) is 10.1. The molecule has 12 heavy (non-hydrogen) atoms. The fourth-order valence-electron chi connectivity index (χ4n) is 0.675. The third-order valence-corrected chi connectivity index (χ3v) is 1.20. The lowest BCUT2D eigenvalue weighted by Gasteiger charge is -2.09. The summed E-state index contributed by atoms with van der Waals surface area (Å²) in [7, 11) is 0. The molecule has 3 heteroatoms. The van der Waals surface area contributed by atoms with Crippen molar-refractivity contribution in [3.05, 3.63) is 29.7 Å². The molecule has 0 aliphatic carbocycles. The van der Waals surface area contributed by atoms with Crippen LogP contribution in [0.1, 0.15) is 21.3 Å². The van der Waals surface area contributed by atoms with Crippen LogP contribution in [0.4, 0.5) is 0 Å². The lowest BCUT2D eigenvalue weighted by atomic mass is 10.1. The topological polar surface area (TPSA) is 52.5 Å². The highest BCUT2D eigenvalue weighted by Crippen LogP contribution is 2.17. The molecule has 0 radical (unpaired) electrons. The number of hydrogen-bond acceptors (Lipinski definition) is 3. The molecule has 1 aromatic rings. The lowest BCUT2D eigenvalue weighted by Crippen LogP contribution is -2.16. The van der Waals surface area contributed by atoms with E-state index in [-0.39, 0.29) is 10.9 Å². The number of aliphatic hydroxyl groups is 1. The van der Waals surface area contributed by atoms with Crippen molar-refractivity contribution >= 4 is 0 Å². The molecule has 0 aliphatic rings. The van der Waals surface area contributed by atoms with Gasteiger partial charge in [0.2, 0.25) is 1.43 Å². The molecule has 0 unspecified atom stereocenters. The van der Waals surface area contributed by atoms with E-state index in [1.165, 1.54) is 0 Å². The zero-order valence-electron chi connectivity index (χ0n) is 16.0. The van der Waals surface area contributed by atoms with E-state index in [1.54, 1.807) is 0 Å². The van der Waals surface area contributed by atoms with E-state index in [1.807, 2.05) is 0 Å². The Morgan fingerprint density at radius 2 is 2.92 bits per heavy atom. The fourth-order valence-corrected chi connectivity index (χ4v) is 0.675. The van der Waals surface area contributed by atoms with Gasteiger partial charge in [0.15, 0.2) is 0 Å². The molecular formula is C9H13NO2. The van der Waals surface area contributed by atoms with Gasteiger partial charge in [0.1, 0.15) is 7.16 Å². The molecule has 0 heterocycles. The predicted octanol–water partition coefficient (Wildman–Crippen LogP) is 0.645. The Morgan fingerprint density at radius 1 is 1.92 bits per heavy atom. The third kappa shape index (κ3) is 2.22. The molecule has 3 N–H and O–H groups in total. The van der Waals surface area contributed by atoms with Gasteiger partial charge in [-0.2, -0.15) is 0 Å². The van der Waals surface area contributed by atoms with Gasteiger partial charge in [-0.1, -0.05) is 12.1 Å². The lowest BCUT2D eigenvalue weighted by molar-refractivity contribution is 0.177. The van der Waals surface area contributed by atoms with Gasteiger partial charge in [0.25, 0.3) is 1.43 Å². The highest BCUT2D eigenvalue weighted by atomic mass is 16.3. The highest BCUT2D eigenvalue weighted by molar-refractivity contribution is 5.28. The smallest absolute Gasteiger partial charge is 0.293 e. The molecule has 0 aromatic heterocycles. The van der Waals surface area contributed by atoms with Crippen LogP contribution in [0.5, 0.6) is 5.75 Å². The normalized spacial score (nSPS) is 25.8. The maximum atomic E-state index is 7.81. The summed E-state index contributed by atoms with van der Waals surface area (Å²) in [5.74, 6) is -0.608. The number of aliphatic hydroxyl groups excluding tert-OH is 1. The zero-order valence-corrected chi connectivity index (χ0v) is 6.05. The number of benzene rings is 1. The van der Waals surface area contributed by atoms with Crippen LogP contribution in [0.25, 0.3) is 0 Å². The summed E-state index contributed by atoms with van der Waals surface area (Å²) in [5.41, 5.74) is -0.389. The number of likely N-dealkylation sites (N-methyl/N-ethyl adjacent to an activating group) is 1. The summed E-state index contributed by atoms with van der Waals surface area (Å²) in [6.07, 6.45) is -1.50. The average molecular weight is 177 g/mol. The van der Waals surface area contributed by atoms with Crippen LogP contribution in [-0.2, 0) is 0 Å². The van der Waals surface area contributed by atoms with Crippen LogP contribution in [0.2, 0.25) is 1.41 Å². The maximum absolute atomic E-state index is 7.81. The van der Waals surface area contributed by atoms with Crippen molar-refractivity contribution in [2.75, 3.05) is 13.5 Å². The molecule has 0 saturated carbocycles. The van der Waals surface area contributed by atoms with E-state index >= 15 is 0 Å². The molecule has 0 spiro atoms. The van der Waals surface area contributed by atoms with E-state index in [9.17, 15) is 0 Å². The molecule has 0 fully saturated rings. The first-order valence-corrected chi connectivity index (χ1v) is 3.18. The Hall–Kier alpha value is -1.06. The number of rotatable bonds is 5.